The molecule has 1 saturated heterocycles. The number of carbonyl (C=O) groups excluding carboxylic acids is 1. The summed E-state index contributed by atoms with van der Waals surface area (Å²) in [5.74, 6) is -0.295. The van der Waals surface area contributed by atoms with Gasteiger partial charge in [-0.25, -0.2) is 0 Å². The Morgan fingerprint density at radius 3 is 2.79 bits per heavy atom. The van der Waals surface area contributed by atoms with Gasteiger partial charge in [-0.2, -0.15) is 0 Å². The number of amides is 1. The summed E-state index contributed by atoms with van der Waals surface area (Å²) in [6, 6.07) is 0. The molecule has 0 saturated carbocycles. The number of carbonyl (C=O) groups is 1. The first kappa shape index (κ1) is 11.4. The minimum atomic E-state index is -0.295. The molecule has 0 unspecified atom stereocenters. The summed E-state index contributed by atoms with van der Waals surface area (Å²) in [5, 5.41) is 2.99. The van der Waals surface area contributed by atoms with Crippen LogP contribution in [0, 0.1) is 0 Å². The molecular formula is C9H19N3O2. The quantitative estimate of drug-likeness (QED) is 0.529. The fourth-order valence-corrected chi connectivity index (χ4v) is 1.46. The molecule has 0 radical (unpaired) electrons. The van der Waals surface area contributed by atoms with Gasteiger partial charge < -0.3 is 15.8 Å². The Hall–Kier alpha value is -0.650. The zero-order valence-corrected chi connectivity index (χ0v) is 8.50. The molecule has 14 heavy (non-hydrogen) atoms. The van der Waals surface area contributed by atoms with Gasteiger partial charge >= 0.3 is 0 Å². The average molecular weight is 201 g/mol. The van der Waals surface area contributed by atoms with Crippen molar-refractivity contribution in [2.45, 2.75) is 6.42 Å². The number of morpholine rings is 1. The van der Waals surface area contributed by atoms with Gasteiger partial charge in [-0.15, -0.1) is 0 Å². The van der Waals surface area contributed by atoms with Gasteiger partial charge in [0.25, 0.3) is 0 Å². The Morgan fingerprint density at radius 2 is 2.14 bits per heavy atom. The predicted octanol–water partition coefficient (Wildman–Crippen LogP) is -1.22. The molecule has 3 N–H and O–H groups in total. The van der Waals surface area contributed by atoms with E-state index in [0.717, 1.165) is 45.8 Å². The second kappa shape index (κ2) is 6.75. The fourth-order valence-electron chi connectivity index (χ4n) is 1.46. The van der Waals surface area contributed by atoms with E-state index in [1.165, 1.54) is 0 Å². The smallest absolute Gasteiger partial charge is 0.231 e. The second-order valence-electron chi connectivity index (χ2n) is 3.45. The molecule has 82 valence electrons. The van der Waals surface area contributed by atoms with E-state index >= 15 is 0 Å². The zero-order valence-electron chi connectivity index (χ0n) is 8.50. The zero-order chi connectivity index (χ0) is 10.2. The Balaban J connectivity index is 1.90. The lowest BCUT2D eigenvalue weighted by atomic mass is 10.3. The van der Waals surface area contributed by atoms with Gasteiger partial charge in [-0.05, 0) is 19.5 Å². The van der Waals surface area contributed by atoms with E-state index in [-0.39, 0.29) is 12.5 Å². The first-order valence-electron chi connectivity index (χ1n) is 5.08. The van der Waals surface area contributed by atoms with Crippen molar-refractivity contribution < 1.29 is 9.53 Å². The van der Waals surface area contributed by atoms with Crippen LogP contribution in [0.4, 0.5) is 0 Å². The van der Waals surface area contributed by atoms with E-state index in [4.69, 9.17) is 10.5 Å². The molecule has 1 heterocycles. The molecule has 0 bridgehead atoms. The van der Waals surface area contributed by atoms with E-state index in [9.17, 15) is 4.79 Å². The normalized spacial score (nSPS) is 18.3. The minimum absolute atomic E-state index is 0.281. The molecule has 0 aromatic carbocycles. The molecular weight excluding hydrogens is 182 g/mol. The Kier molecular flexibility index (Phi) is 5.51. The maximum Gasteiger partial charge on any atom is 0.231 e. The summed E-state index contributed by atoms with van der Waals surface area (Å²) >= 11 is 0. The van der Waals surface area contributed by atoms with Crippen LogP contribution in [0.5, 0.6) is 0 Å². The molecule has 1 aliphatic rings. The lowest BCUT2D eigenvalue weighted by Gasteiger charge is -2.26. The number of hydrogen-bond acceptors (Lipinski definition) is 4. The number of hydrogen-bond donors (Lipinski definition) is 2. The van der Waals surface area contributed by atoms with Crippen LogP contribution >= 0.6 is 0 Å². The van der Waals surface area contributed by atoms with Crippen molar-refractivity contribution in [2.75, 3.05) is 45.9 Å². The van der Waals surface area contributed by atoms with Crippen molar-refractivity contribution in [3.63, 3.8) is 0 Å². The third-order valence-corrected chi connectivity index (χ3v) is 2.23. The first-order chi connectivity index (χ1) is 6.79. The summed E-state index contributed by atoms with van der Waals surface area (Å²) in [6.07, 6.45) is 1.05. The Bertz CT molecular complexity index is 169. The summed E-state index contributed by atoms with van der Waals surface area (Å²) in [6.45, 7) is 5.92. The van der Waals surface area contributed by atoms with E-state index in [0.29, 0.717) is 0 Å². The van der Waals surface area contributed by atoms with Crippen LogP contribution in [0.15, 0.2) is 0 Å². The number of nitrogens with two attached hydrogens (primary N) is 1. The number of ether oxygens (including phenoxy) is 1. The summed E-state index contributed by atoms with van der Waals surface area (Å²) in [5.41, 5.74) is 4.99. The van der Waals surface area contributed by atoms with E-state index in [1.54, 1.807) is 0 Å². The predicted molar refractivity (Wildman–Crippen MR) is 53.9 cm³/mol. The molecule has 5 nitrogen and oxygen atoms in total. The number of rotatable bonds is 6. The summed E-state index contributed by atoms with van der Waals surface area (Å²) in [4.78, 5) is 12.8. The van der Waals surface area contributed by atoms with Crippen LogP contribution in [0.25, 0.3) is 0 Å². The lowest BCUT2D eigenvalue weighted by molar-refractivity contribution is -0.117. The third-order valence-electron chi connectivity index (χ3n) is 2.23. The van der Waals surface area contributed by atoms with Crippen LogP contribution in [0.1, 0.15) is 6.42 Å². The van der Waals surface area contributed by atoms with Gasteiger partial charge in [0, 0.05) is 13.1 Å². The maximum absolute atomic E-state index is 10.4. The summed E-state index contributed by atoms with van der Waals surface area (Å²) in [7, 11) is 0. The highest BCUT2D eigenvalue weighted by Gasteiger charge is 2.08. The minimum Gasteiger partial charge on any atom is -0.379 e. The Labute approximate surface area is 84.6 Å². The highest BCUT2D eigenvalue weighted by atomic mass is 16.5. The molecule has 0 spiro atoms. The van der Waals surface area contributed by atoms with Crippen molar-refractivity contribution in [3.8, 4) is 0 Å². The number of nitrogens with one attached hydrogen (secondary N) is 1. The molecule has 0 aromatic heterocycles. The maximum atomic E-state index is 10.4. The standard InChI is InChI=1S/C9H19N3O2/c10-9(13)8-11-2-1-3-12-4-6-14-7-5-12/h11H,1-8H2,(H2,10,13). The van der Waals surface area contributed by atoms with Gasteiger partial charge in [0.15, 0.2) is 0 Å². The molecule has 1 rings (SSSR count). The van der Waals surface area contributed by atoms with E-state index in [1.807, 2.05) is 0 Å². The van der Waals surface area contributed by atoms with Gasteiger partial charge in [-0.1, -0.05) is 0 Å². The monoisotopic (exact) mass is 201 g/mol. The van der Waals surface area contributed by atoms with Gasteiger partial charge in [-0.3, -0.25) is 9.69 Å². The molecule has 5 heteroatoms. The van der Waals surface area contributed by atoms with Crippen LogP contribution < -0.4 is 11.1 Å². The van der Waals surface area contributed by atoms with E-state index < -0.39 is 0 Å². The molecule has 1 fully saturated rings. The second-order valence-corrected chi connectivity index (χ2v) is 3.45. The van der Waals surface area contributed by atoms with Crippen LogP contribution in [0.3, 0.4) is 0 Å². The van der Waals surface area contributed by atoms with Crippen LogP contribution in [0.2, 0.25) is 0 Å². The highest BCUT2D eigenvalue weighted by molar-refractivity contribution is 5.75. The molecule has 1 aliphatic heterocycles. The van der Waals surface area contributed by atoms with Crippen molar-refractivity contribution >= 4 is 5.91 Å². The lowest BCUT2D eigenvalue weighted by Crippen LogP contribution is -2.38. The van der Waals surface area contributed by atoms with Crippen molar-refractivity contribution in [3.05, 3.63) is 0 Å². The van der Waals surface area contributed by atoms with Crippen molar-refractivity contribution in [1.82, 2.24) is 10.2 Å². The largest absolute Gasteiger partial charge is 0.379 e. The highest BCUT2D eigenvalue weighted by Crippen LogP contribution is 1.96. The van der Waals surface area contributed by atoms with Crippen LogP contribution in [-0.2, 0) is 9.53 Å². The van der Waals surface area contributed by atoms with Gasteiger partial charge in [0.1, 0.15) is 0 Å². The van der Waals surface area contributed by atoms with Crippen LogP contribution in [-0.4, -0.2) is 56.7 Å². The van der Waals surface area contributed by atoms with E-state index in [2.05, 4.69) is 10.2 Å². The molecule has 0 aromatic rings. The Morgan fingerprint density at radius 1 is 1.43 bits per heavy atom. The third kappa shape index (κ3) is 5.16. The van der Waals surface area contributed by atoms with Gasteiger partial charge in [0.05, 0.1) is 19.8 Å². The summed E-state index contributed by atoms with van der Waals surface area (Å²) < 4.78 is 5.24. The SMILES string of the molecule is NC(=O)CNCCCN1CCOCC1. The van der Waals surface area contributed by atoms with Crippen molar-refractivity contribution in [1.29, 1.82) is 0 Å². The molecule has 1 amide bonds. The number of primary amides is 1. The average Bonchev–Trinajstić information content (AvgIpc) is 2.18. The first-order valence-corrected chi connectivity index (χ1v) is 5.08. The fraction of sp³-hybridized carbons (Fsp3) is 0.889. The van der Waals surface area contributed by atoms with Crippen molar-refractivity contribution in [2.24, 2.45) is 5.73 Å². The topological polar surface area (TPSA) is 67.6 Å². The number of nitrogens with zero attached hydrogens (tertiary/aromatic N) is 1. The van der Waals surface area contributed by atoms with Gasteiger partial charge in [0.2, 0.25) is 5.91 Å². The molecule has 0 aliphatic carbocycles. The molecule has 0 atom stereocenters.